The van der Waals surface area contributed by atoms with Crippen LogP contribution < -0.4 is 4.74 Å². The quantitative estimate of drug-likeness (QED) is 0.276. The van der Waals surface area contributed by atoms with Crippen LogP contribution in [0.2, 0.25) is 10.0 Å². The second-order valence-corrected chi connectivity index (χ2v) is 12.8. The van der Waals surface area contributed by atoms with E-state index in [4.69, 9.17) is 27.9 Å². The number of hydrogen-bond donors (Lipinski definition) is 0. The molecule has 1 aliphatic carbocycles. The molecule has 0 aromatic heterocycles. The summed E-state index contributed by atoms with van der Waals surface area (Å²) in [6, 6.07) is 7.09. The van der Waals surface area contributed by atoms with E-state index in [0.717, 1.165) is 30.7 Å². The van der Waals surface area contributed by atoms with Gasteiger partial charge < -0.3 is 9.57 Å². The van der Waals surface area contributed by atoms with E-state index in [1.54, 1.807) is 6.07 Å². The van der Waals surface area contributed by atoms with Crippen LogP contribution in [0, 0.1) is 5.82 Å². The van der Waals surface area contributed by atoms with Crippen molar-refractivity contribution in [3.63, 3.8) is 0 Å². The number of rotatable bonds is 7. The van der Waals surface area contributed by atoms with E-state index < -0.39 is 43.9 Å². The number of likely N-dealkylation sites (tertiary alicyclic amines) is 1. The summed E-state index contributed by atoms with van der Waals surface area (Å²) in [6.45, 7) is 3.26. The molecule has 1 aliphatic heterocycles. The molecule has 2 fully saturated rings. The fraction of sp³-hybridized carbons (Fsp3) is 0.462. The number of nitrogens with zero attached hydrogens (tertiary/aromatic N) is 2. The Morgan fingerprint density at radius 2 is 1.71 bits per heavy atom. The van der Waals surface area contributed by atoms with Crippen molar-refractivity contribution in [2.24, 2.45) is 0 Å². The highest BCUT2D eigenvalue weighted by atomic mass is 35.5. The number of halogens is 6. The highest BCUT2D eigenvalue weighted by Gasteiger charge is 2.46. The van der Waals surface area contributed by atoms with Gasteiger partial charge in [-0.1, -0.05) is 27.7 Å². The summed E-state index contributed by atoms with van der Waals surface area (Å²) in [5, 5.41) is 1.01. The zero-order chi connectivity index (χ0) is 30.3. The average molecular weight is 641 g/mol. The van der Waals surface area contributed by atoms with Gasteiger partial charge in [-0.15, -0.1) is 0 Å². The molecule has 8 nitrogen and oxygen atoms in total. The number of alkyl halides is 3. The van der Waals surface area contributed by atoms with Crippen LogP contribution in [-0.2, 0) is 26.2 Å². The van der Waals surface area contributed by atoms with E-state index in [1.807, 2.05) is 19.1 Å². The maximum Gasteiger partial charge on any atom is 0.493 e. The number of amides is 1. The van der Waals surface area contributed by atoms with Gasteiger partial charge in [0.05, 0.1) is 11.8 Å². The third-order valence-corrected chi connectivity index (χ3v) is 8.12. The molecule has 0 spiro atoms. The molecule has 0 unspecified atom stereocenters. The van der Waals surface area contributed by atoms with Crippen molar-refractivity contribution in [1.29, 1.82) is 0 Å². The van der Waals surface area contributed by atoms with Gasteiger partial charge in [-0.2, -0.15) is 13.2 Å². The molecule has 224 valence electrons. The van der Waals surface area contributed by atoms with E-state index in [1.165, 1.54) is 0 Å². The summed E-state index contributed by atoms with van der Waals surface area (Å²) in [5.74, 6) is -5.97. The number of benzene rings is 2. The second-order valence-electron chi connectivity index (χ2n) is 10.1. The minimum atomic E-state index is -5.59. The first-order valence-corrected chi connectivity index (χ1v) is 15.2. The molecule has 1 saturated carbocycles. The maximum absolute atomic E-state index is 15.3. The van der Waals surface area contributed by atoms with Crippen molar-refractivity contribution < 1.29 is 45.1 Å². The van der Waals surface area contributed by atoms with Crippen LogP contribution in [0.1, 0.15) is 60.0 Å². The van der Waals surface area contributed by atoms with Crippen LogP contribution >= 0.6 is 23.2 Å². The highest BCUT2D eigenvalue weighted by molar-refractivity contribution is 7.88. The molecule has 0 bridgehead atoms. The minimum absolute atomic E-state index is 0.125. The first kappa shape index (κ1) is 31.3. The summed E-state index contributed by atoms with van der Waals surface area (Å²) < 4.78 is 82.9. The molecule has 2 atom stereocenters. The van der Waals surface area contributed by atoms with Gasteiger partial charge in [0.25, 0.3) is 10.0 Å². The standard InChI is InChI=1S/C26H26Cl2F4N2O6S/c1-14-22(4-3-7-33(14)13-15-8-17(27)10-18(28)9-15)39-23-12-21(29)20(11-19(23)16-5-6-16)24(35)34(41(2,37)38)40-25(36)26(30,31)32/h8-12,14,16,22H,3-7,13H2,1-2H3/t14-,22-/m0/s1. The van der Waals surface area contributed by atoms with Crippen molar-refractivity contribution in [1.82, 2.24) is 9.37 Å². The average Bonchev–Trinajstić information content (AvgIpc) is 3.68. The molecule has 2 aliphatic rings. The first-order valence-electron chi connectivity index (χ1n) is 12.6. The lowest BCUT2D eigenvalue weighted by Crippen LogP contribution is -2.48. The molecule has 2 aromatic rings. The number of ether oxygens (including phenoxy) is 1. The van der Waals surface area contributed by atoms with Crippen LogP contribution in [0.25, 0.3) is 0 Å². The Bertz CT molecular complexity index is 1430. The molecule has 4 rings (SSSR count). The van der Waals surface area contributed by atoms with Gasteiger partial charge in [0, 0.05) is 28.7 Å². The molecule has 2 aromatic carbocycles. The predicted octanol–water partition coefficient (Wildman–Crippen LogP) is 5.86. The summed E-state index contributed by atoms with van der Waals surface area (Å²) in [6.07, 6.45) is -2.85. The molecule has 15 heteroatoms. The molecule has 1 heterocycles. The van der Waals surface area contributed by atoms with E-state index in [2.05, 4.69) is 9.74 Å². The van der Waals surface area contributed by atoms with Gasteiger partial charge in [-0.25, -0.2) is 17.6 Å². The van der Waals surface area contributed by atoms with E-state index in [-0.39, 0.29) is 23.8 Å². The topological polar surface area (TPSA) is 93.2 Å². The molecule has 41 heavy (non-hydrogen) atoms. The summed E-state index contributed by atoms with van der Waals surface area (Å²) in [4.78, 5) is 30.1. The number of piperidine rings is 1. The first-order chi connectivity index (χ1) is 19.0. The van der Waals surface area contributed by atoms with Crippen LogP contribution in [-0.4, -0.2) is 60.8 Å². The summed E-state index contributed by atoms with van der Waals surface area (Å²) >= 11 is 12.3. The molecule has 0 radical (unpaired) electrons. The van der Waals surface area contributed by atoms with Crippen LogP contribution in [0.15, 0.2) is 30.3 Å². The molecule has 1 saturated heterocycles. The molecular formula is C26H26Cl2F4N2O6S. The SMILES string of the molecule is C[C@H]1[C@@H](Oc2cc(F)c(C(=O)N(OC(=O)C(F)(F)F)S(C)(=O)=O)cc2C2CC2)CCCN1Cc1cc(Cl)cc(Cl)c1. The monoisotopic (exact) mass is 640 g/mol. The van der Waals surface area contributed by atoms with Gasteiger partial charge in [-0.3, -0.25) is 9.69 Å². The second kappa shape index (κ2) is 11.9. The van der Waals surface area contributed by atoms with Crippen LogP contribution in [0.3, 0.4) is 0 Å². The lowest BCUT2D eigenvalue weighted by atomic mass is 9.98. The van der Waals surface area contributed by atoms with Crippen molar-refractivity contribution in [2.75, 3.05) is 12.8 Å². The van der Waals surface area contributed by atoms with Crippen LogP contribution in [0.4, 0.5) is 17.6 Å². The number of carbonyl (C=O) groups is 2. The molecule has 0 N–H and O–H groups in total. The Morgan fingerprint density at radius 1 is 1.07 bits per heavy atom. The number of hydrogen-bond acceptors (Lipinski definition) is 7. The van der Waals surface area contributed by atoms with E-state index in [0.29, 0.717) is 47.7 Å². The maximum atomic E-state index is 15.3. The Balaban J connectivity index is 1.58. The lowest BCUT2D eigenvalue weighted by molar-refractivity contribution is -0.216. The highest BCUT2D eigenvalue weighted by Crippen LogP contribution is 2.46. The third-order valence-electron chi connectivity index (χ3n) is 6.85. The number of sulfonamides is 1. The smallest absolute Gasteiger partial charge is 0.488 e. The van der Waals surface area contributed by atoms with Gasteiger partial charge >= 0.3 is 18.1 Å². The zero-order valence-electron chi connectivity index (χ0n) is 21.9. The van der Waals surface area contributed by atoms with Crippen molar-refractivity contribution in [3.05, 3.63) is 62.9 Å². The Morgan fingerprint density at radius 3 is 2.27 bits per heavy atom. The Hall–Kier alpha value is -2.61. The van der Waals surface area contributed by atoms with Crippen LogP contribution in [0.5, 0.6) is 5.75 Å². The van der Waals surface area contributed by atoms with Crippen molar-refractivity contribution >= 4 is 45.1 Å². The largest absolute Gasteiger partial charge is 0.493 e. The fourth-order valence-corrected chi connectivity index (χ4v) is 5.87. The normalized spacial score (nSPS) is 20.0. The summed E-state index contributed by atoms with van der Waals surface area (Å²) in [5.41, 5.74) is 0.427. The van der Waals surface area contributed by atoms with Gasteiger partial charge in [0.2, 0.25) is 0 Å². The summed E-state index contributed by atoms with van der Waals surface area (Å²) in [7, 11) is -4.86. The lowest BCUT2D eigenvalue weighted by Gasteiger charge is -2.39. The number of carbonyl (C=O) groups excluding carboxylic acids is 2. The van der Waals surface area contributed by atoms with Gasteiger partial charge in [-0.05, 0) is 80.5 Å². The number of hydroxylamine groups is 1. The Kier molecular flexibility index (Phi) is 9.13. The van der Waals surface area contributed by atoms with Gasteiger partial charge in [0.1, 0.15) is 17.7 Å². The van der Waals surface area contributed by atoms with E-state index in [9.17, 15) is 31.2 Å². The fourth-order valence-electron chi connectivity index (χ4n) is 4.69. The van der Waals surface area contributed by atoms with Gasteiger partial charge in [0.15, 0.2) is 0 Å². The third kappa shape index (κ3) is 7.62. The van der Waals surface area contributed by atoms with E-state index >= 15 is 4.39 Å². The Labute approximate surface area is 244 Å². The minimum Gasteiger partial charge on any atom is -0.488 e. The predicted molar refractivity (Wildman–Crippen MR) is 142 cm³/mol. The van der Waals surface area contributed by atoms with Crippen molar-refractivity contribution in [2.45, 2.75) is 63.4 Å². The zero-order valence-corrected chi connectivity index (χ0v) is 24.2. The van der Waals surface area contributed by atoms with Crippen molar-refractivity contribution in [3.8, 4) is 5.75 Å². The molecule has 1 amide bonds. The molecular weight excluding hydrogens is 615 g/mol.